The normalized spacial score (nSPS) is 15.2. The van der Waals surface area contributed by atoms with Gasteiger partial charge in [-0.2, -0.15) is 0 Å². The number of aromatic nitrogens is 3. The Balaban J connectivity index is 1.80. The van der Waals surface area contributed by atoms with Gasteiger partial charge in [0, 0.05) is 17.5 Å². The largest absolute Gasteiger partial charge is 0.493 e. The lowest BCUT2D eigenvalue weighted by atomic mass is 10.1. The summed E-state index contributed by atoms with van der Waals surface area (Å²) < 4.78 is 12.8. The Morgan fingerprint density at radius 1 is 1.15 bits per heavy atom. The summed E-state index contributed by atoms with van der Waals surface area (Å²) in [6.07, 6.45) is 2.31. The van der Waals surface area contributed by atoms with Crippen molar-refractivity contribution in [2.24, 2.45) is 0 Å². The summed E-state index contributed by atoms with van der Waals surface area (Å²) in [7, 11) is 3.14. The number of benzene rings is 1. The summed E-state index contributed by atoms with van der Waals surface area (Å²) in [5.41, 5.74) is 0.601. The van der Waals surface area contributed by atoms with Crippen LogP contribution in [0.2, 0.25) is 0 Å². The molecule has 1 heterocycles. The second kappa shape index (κ2) is 7.70. The van der Waals surface area contributed by atoms with Crippen LogP contribution in [0, 0.1) is 0 Å². The monoisotopic (exact) mass is 375 g/mol. The Morgan fingerprint density at radius 2 is 1.85 bits per heavy atom. The molecule has 0 radical (unpaired) electrons. The highest BCUT2D eigenvalue weighted by molar-refractivity contribution is 8.00. The molecule has 0 aliphatic heterocycles. The zero-order valence-electron chi connectivity index (χ0n) is 15.9. The molecule has 7 heteroatoms. The number of carbonyl (C=O) groups excluding carboxylic acids is 1. The number of Topliss-reactive ketones (excluding diaryl/α,β-unsaturated/α-hetero) is 1. The van der Waals surface area contributed by atoms with Crippen LogP contribution in [0.5, 0.6) is 11.5 Å². The number of hydrogen-bond acceptors (Lipinski definition) is 6. The molecule has 6 nitrogen and oxygen atoms in total. The average molecular weight is 375 g/mol. The minimum atomic E-state index is -0.269. The lowest BCUT2D eigenvalue weighted by molar-refractivity contribution is 0.0993. The van der Waals surface area contributed by atoms with Gasteiger partial charge in [0.15, 0.2) is 22.4 Å². The first-order valence-electron chi connectivity index (χ1n) is 8.84. The summed E-state index contributed by atoms with van der Waals surface area (Å²) in [5, 5.41) is 9.27. The molecular formula is C19H25N3O3S. The molecule has 0 unspecified atom stereocenters. The summed E-state index contributed by atoms with van der Waals surface area (Å²) >= 11 is 1.47. The molecule has 140 valence electrons. The Labute approximate surface area is 158 Å². The lowest BCUT2D eigenvalue weighted by Crippen LogP contribution is -2.15. The van der Waals surface area contributed by atoms with Crippen molar-refractivity contribution in [1.29, 1.82) is 0 Å². The molecule has 1 atom stereocenters. The number of hydrogen-bond donors (Lipinski definition) is 0. The van der Waals surface area contributed by atoms with Crippen LogP contribution < -0.4 is 9.47 Å². The number of thioether (sulfide) groups is 1. The molecule has 2 aromatic rings. The topological polar surface area (TPSA) is 66.2 Å². The van der Waals surface area contributed by atoms with Crippen LogP contribution in [0.15, 0.2) is 23.4 Å². The van der Waals surface area contributed by atoms with Gasteiger partial charge in [0.05, 0.1) is 19.5 Å². The van der Waals surface area contributed by atoms with E-state index in [-0.39, 0.29) is 11.0 Å². The first-order chi connectivity index (χ1) is 12.5. The van der Waals surface area contributed by atoms with Gasteiger partial charge < -0.3 is 14.0 Å². The third kappa shape index (κ3) is 3.72. The molecule has 1 aromatic heterocycles. The van der Waals surface area contributed by atoms with Crippen LogP contribution in [0.4, 0.5) is 0 Å². The van der Waals surface area contributed by atoms with E-state index in [4.69, 9.17) is 9.47 Å². The first kappa shape index (κ1) is 18.8. The van der Waals surface area contributed by atoms with E-state index in [0.29, 0.717) is 29.0 Å². The molecule has 0 saturated heterocycles. The predicted molar refractivity (Wildman–Crippen MR) is 102 cm³/mol. The van der Waals surface area contributed by atoms with Gasteiger partial charge in [-0.25, -0.2) is 0 Å². The van der Waals surface area contributed by atoms with Crippen molar-refractivity contribution < 1.29 is 14.3 Å². The third-order valence-electron chi connectivity index (χ3n) is 4.44. The second-order valence-corrected chi connectivity index (χ2v) is 8.10. The van der Waals surface area contributed by atoms with E-state index in [0.717, 1.165) is 23.8 Å². The summed E-state index contributed by atoms with van der Waals surface area (Å²) in [4.78, 5) is 12.9. The van der Waals surface area contributed by atoms with E-state index in [1.807, 2.05) is 6.92 Å². The van der Waals surface area contributed by atoms with Gasteiger partial charge in [-0.05, 0) is 38.0 Å². The van der Waals surface area contributed by atoms with Crippen molar-refractivity contribution >= 4 is 17.5 Å². The number of carbonyl (C=O) groups is 1. The molecule has 1 fully saturated rings. The lowest BCUT2D eigenvalue weighted by Gasteiger charge is -2.14. The molecule has 0 spiro atoms. The number of ether oxygens (including phenoxy) is 2. The van der Waals surface area contributed by atoms with Gasteiger partial charge in [-0.1, -0.05) is 25.6 Å². The number of nitrogens with zero attached hydrogens (tertiary/aromatic N) is 3. The van der Waals surface area contributed by atoms with Gasteiger partial charge >= 0.3 is 0 Å². The van der Waals surface area contributed by atoms with E-state index < -0.39 is 0 Å². The fraction of sp³-hybridized carbons (Fsp3) is 0.526. The maximum atomic E-state index is 12.9. The molecule has 3 rings (SSSR count). The van der Waals surface area contributed by atoms with E-state index in [9.17, 15) is 4.79 Å². The van der Waals surface area contributed by atoms with Gasteiger partial charge in [0.2, 0.25) is 0 Å². The van der Waals surface area contributed by atoms with Gasteiger partial charge in [0.25, 0.3) is 0 Å². The van der Waals surface area contributed by atoms with Crippen LogP contribution in [0.1, 0.15) is 61.8 Å². The number of rotatable bonds is 8. The Kier molecular flexibility index (Phi) is 5.55. The van der Waals surface area contributed by atoms with Crippen molar-refractivity contribution in [3.05, 3.63) is 29.6 Å². The first-order valence-corrected chi connectivity index (χ1v) is 9.71. The van der Waals surface area contributed by atoms with Gasteiger partial charge in [0.1, 0.15) is 5.82 Å². The van der Waals surface area contributed by atoms with Crippen LogP contribution in [0.3, 0.4) is 0 Å². The standard InChI is InChI=1S/C19H25N3O3S/c1-11(2)18-20-21-19(22(18)14-7-8-14)26-12(3)17(23)13-6-9-15(24-4)16(10-13)25-5/h6,9-12,14H,7-8H2,1-5H3/t12-/m1/s1. The SMILES string of the molecule is COc1ccc(C(=O)[C@@H](C)Sc2nnc(C(C)C)n2C2CC2)cc1OC. The Morgan fingerprint density at radius 3 is 2.42 bits per heavy atom. The number of methoxy groups -OCH3 is 2. The van der Waals surface area contributed by atoms with Crippen LogP contribution in [0.25, 0.3) is 0 Å². The highest BCUT2D eigenvalue weighted by atomic mass is 32.2. The molecule has 0 bridgehead atoms. The van der Waals surface area contributed by atoms with Gasteiger partial charge in [-0.15, -0.1) is 10.2 Å². The van der Waals surface area contributed by atoms with Crippen LogP contribution in [-0.2, 0) is 0 Å². The number of ketones is 1. The molecular weight excluding hydrogens is 350 g/mol. The third-order valence-corrected chi connectivity index (χ3v) is 5.50. The predicted octanol–water partition coefficient (Wildman–Crippen LogP) is 4.12. The van der Waals surface area contributed by atoms with Crippen molar-refractivity contribution in [3.8, 4) is 11.5 Å². The van der Waals surface area contributed by atoms with E-state index in [1.54, 1.807) is 32.4 Å². The Bertz CT molecular complexity index is 799. The zero-order chi connectivity index (χ0) is 18.8. The van der Waals surface area contributed by atoms with Crippen molar-refractivity contribution in [2.75, 3.05) is 14.2 Å². The molecule has 1 aliphatic rings. The van der Waals surface area contributed by atoms with Crippen molar-refractivity contribution in [1.82, 2.24) is 14.8 Å². The van der Waals surface area contributed by atoms with E-state index in [2.05, 4.69) is 28.6 Å². The van der Waals surface area contributed by atoms with E-state index in [1.165, 1.54) is 11.8 Å². The van der Waals surface area contributed by atoms with Crippen LogP contribution in [-0.4, -0.2) is 40.0 Å². The average Bonchev–Trinajstić information content (AvgIpc) is 3.40. The summed E-state index contributed by atoms with van der Waals surface area (Å²) in [6.45, 7) is 6.15. The highest BCUT2D eigenvalue weighted by Crippen LogP contribution is 2.41. The van der Waals surface area contributed by atoms with Gasteiger partial charge in [-0.3, -0.25) is 4.79 Å². The van der Waals surface area contributed by atoms with Crippen molar-refractivity contribution in [3.63, 3.8) is 0 Å². The zero-order valence-corrected chi connectivity index (χ0v) is 16.7. The fourth-order valence-corrected chi connectivity index (χ4v) is 3.88. The molecule has 0 N–H and O–H groups in total. The summed E-state index contributed by atoms with van der Waals surface area (Å²) in [6, 6.07) is 5.73. The highest BCUT2D eigenvalue weighted by Gasteiger charge is 2.32. The smallest absolute Gasteiger partial charge is 0.192 e. The summed E-state index contributed by atoms with van der Waals surface area (Å²) in [5.74, 6) is 2.51. The minimum Gasteiger partial charge on any atom is -0.493 e. The second-order valence-electron chi connectivity index (χ2n) is 6.79. The van der Waals surface area contributed by atoms with Crippen molar-refractivity contribution in [2.45, 2.75) is 56.0 Å². The molecule has 0 amide bonds. The minimum absolute atomic E-state index is 0.0346. The molecule has 1 saturated carbocycles. The quantitative estimate of drug-likeness (QED) is 0.511. The molecule has 26 heavy (non-hydrogen) atoms. The fourth-order valence-electron chi connectivity index (χ4n) is 2.87. The maximum absolute atomic E-state index is 12.9. The molecule has 1 aliphatic carbocycles. The van der Waals surface area contributed by atoms with E-state index >= 15 is 0 Å². The Hall–Kier alpha value is -2.02. The van der Waals surface area contributed by atoms with Crippen LogP contribution >= 0.6 is 11.8 Å². The molecule has 1 aromatic carbocycles. The maximum Gasteiger partial charge on any atom is 0.192 e.